The molecule has 2 atom stereocenters. The van der Waals surface area contributed by atoms with Gasteiger partial charge in [0.25, 0.3) is 0 Å². The standard InChI is InChI=1S/C16H17N3/c1-2-4-12(5-3-1)13-6-16(9-17-8-13)19-10-14-7-15(11-19)18-14/h1-6,8-9,14-15,18H,7,10-11H2. The predicted molar refractivity (Wildman–Crippen MR) is 77.2 cm³/mol. The molecule has 3 fully saturated rings. The van der Waals surface area contributed by atoms with E-state index in [4.69, 9.17) is 0 Å². The van der Waals surface area contributed by atoms with Crippen LogP contribution >= 0.6 is 0 Å². The maximum Gasteiger partial charge on any atom is 0.0560 e. The van der Waals surface area contributed by atoms with E-state index in [9.17, 15) is 0 Å². The van der Waals surface area contributed by atoms with Crippen LogP contribution < -0.4 is 10.2 Å². The third kappa shape index (κ3) is 2.00. The summed E-state index contributed by atoms with van der Waals surface area (Å²) < 4.78 is 0. The first-order valence-electron chi connectivity index (χ1n) is 6.90. The highest BCUT2D eigenvalue weighted by molar-refractivity contribution is 5.67. The van der Waals surface area contributed by atoms with Gasteiger partial charge in [0.2, 0.25) is 0 Å². The number of hydrogen-bond acceptors (Lipinski definition) is 3. The Bertz CT molecular complexity index is 566. The highest BCUT2D eigenvalue weighted by atomic mass is 15.3. The van der Waals surface area contributed by atoms with Gasteiger partial charge in [-0.15, -0.1) is 0 Å². The molecule has 0 amide bonds. The summed E-state index contributed by atoms with van der Waals surface area (Å²) in [4.78, 5) is 6.87. The number of piperidine rings is 1. The zero-order valence-electron chi connectivity index (χ0n) is 10.8. The SMILES string of the molecule is c1ccc(-c2cncc(N3CC4CC(C3)N4)c2)cc1. The van der Waals surface area contributed by atoms with Crippen molar-refractivity contribution < 1.29 is 0 Å². The molecule has 3 nitrogen and oxygen atoms in total. The highest BCUT2D eigenvalue weighted by Crippen LogP contribution is 2.28. The number of aromatic nitrogens is 1. The van der Waals surface area contributed by atoms with E-state index in [1.807, 2.05) is 18.5 Å². The first-order chi connectivity index (χ1) is 9.38. The van der Waals surface area contributed by atoms with Crippen molar-refractivity contribution in [2.24, 2.45) is 0 Å². The van der Waals surface area contributed by atoms with Crippen molar-refractivity contribution >= 4 is 5.69 Å². The lowest BCUT2D eigenvalue weighted by atomic mass is 9.91. The molecular weight excluding hydrogens is 234 g/mol. The Kier molecular flexibility index (Phi) is 2.52. The molecule has 96 valence electrons. The second-order valence-electron chi connectivity index (χ2n) is 5.50. The number of anilines is 1. The summed E-state index contributed by atoms with van der Waals surface area (Å²) in [7, 11) is 0. The lowest BCUT2D eigenvalue weighted by Gasteiger charge is -2.49. The Balaban J connectivity index is 1.63. The van der Waals surface area contributed by atoms with E-state index in [1.54, 1.807) is 0 Å². The van der Waals surface area contributed by atoms with Gasteiger partial charge in [-0.1, -0.05) is 30.3 Å². The summed E-state index contributed by atoms with van der Waals surface area (Å²) in [6.45, 7) is 2.22. The molecule has 4 heterocycles. The Morgan fingerprint density at radius 3 is 2.47 bits per heavy atom. The average molecular weight is 251 g/mol. The molecule has 2 aromatic rings. The number of nitrogens with zero attached hydrogens (tertiary/aromatic N) is 2. The number of nitrogens with one attached hydrogen (secondary N) is 1. The summed E-state index contributed by atoms with van der Waals surface area (Å²) in [6.07, 6.45) is 5.27. The molecule has 0 radical (unpaired) electrons. The molecule has 0 spiro atoms. The number of fused-ring (bicyclic) bond motifs is 2. The second kappa shape index (κ2) is 4.35. The number of piperazine rings is 1. The van der Waals surface area contributed by atoms with Crippen LogP contribution in [0.15, 0.2) is 48.8 Å². The van der Waals surface area contributed by atoms with E-state index in [0.717, 1.165) is 13.1 Å². The Morgan fingerprint density at radius 1 is 1.00 bits per heavy atom. The van der Waals surface area contributed by atoms with Crippen LogP contribution in [0.4, 0.5) is 5.69 Å². The Morgan fingerprint density at radius 2 is 1.74 bits per heavy atom. The molecule has 0 aliphatic carbocycles. The molecule has 1 aromatic heterocycles. The molecule has 3 aliphatic rings. The Labute approximate surface area is 113 Å². The highest BCUT2D eigenvalue weighted by Gasteiger charge is 2.36. The van der Waals surface area contributed by atoms with Crippen LogP contribution in [-0.2, 0) is 0 Å². The number of rotatable bonds is 2. The van der Waals surface area contributed by atoms with Crippen LogP contribution in [-0.4, -0.2) is 30.2 Å². The van der Waals surface area contributed by atoms with Gasteiger partial charge in [-0.2, -0.15) is 0 Å². The van der Waals surface area contributed by atoms with Crippen molar-refractivity contribution in [3.8, 4) is 11.1 Å². The predicted octanol–water partition coefficient (Wildman–Crippen LogP) is 2.30. The van der Waals surface area contributed by atoms with Gasteiger partial charge in [0.1, 0.15) is 0 Å². The molecular formula is C16H17N3. The number of pyridine rings is 1. The molecule has 2 unspecified atom stereocenters. The fraction of sp³-hybridized carbons (Fsp3) is 0.312. The van der Waals surface area contributed by atoms with E-state index in [2.05, 4.69) is 45.5 Å². The van der Waals surface area contributed by atoms with Crippen LogP contribution in [0.1, 0.15) is 6.42 Å². The van der Waals surface area contributed by atoms with E-state index < -0.39 is 0 Å². The van der Waals surface area contributed by atoms with Crippen molar-refractivity contribution in [1.82, 2.24) is 10.3 Å². The van der Waals surface area contributed by atoms with Gasteiger partial charge in [0, 0.05) is 36.9 Å². The van der Waals surface area contributed by atoms with Crippen LogP contribution in [0.3, 0.4) is 0 Å². The molecule has 0 saturated carbocycles. The zero-order valence-corrected chi connectivity index (χ0v) is 10.8. The molecule has 3 heteroatoms. The topological polar surface area (TPSA) is 28.2 Å². The van der Waals surface area contributed by atoms with Gasteiger partial charge in [-0.3, -0.25) is 4.98 Å². The summed E-state index contributed by atoms with van der Waals surface area (Å²) in [5.74, 6) is 0. The third-order valence-electron chi connectivity index (χ3n) is 4.12. The van der Waals surface area contributed by atoms with Gasteiger partial charge in [0.15, 0.2) is 0 Å². The summed E-state index contributed by atoms with van der Waals surface area (Å²) in [5, 5.41) is 3.56. The minimum absolute atomic E-state index is 0.680. The first-order valence-corrected chi connectivity index (χ1v) is 6.90. The zero-order chi connectivity index (χ0) is 12.7. The van der Waals surface area contributed by atoms with Crippen LogP contribution in [0.25, 0.3) is 11.1 Å². The second-order valence-corrected chi connectivity index (χ2v) is 5.50. The van der Waals surface area contributed by atoms with Crippen LogP contribution in [0.2, 0.25) is 0 Å². The lowest BCUT2D eigenvalue weighted by molar-refractivity contribution is 0.226. The van der Waals surface area contributed by atoms with Crippen molar-refractivity contribution in [2.45, 2.75) is 18.5 Å². The minimum atomic E-state index is 0.680. The fourth-order valence-electron chi connectivity index (χ4n) is 3.11. The van der Waals surface area contributed by atoms with Crippen LogP contribution in [0, 0.1) is 0 Å². The molecule has 3 aliphatic heterocycles. The summed E-state index contributed by atoms with van der Waals surface area (Å²) >= 11 is 0. The largest absolute Gasteiger partial charge is 0.367 e. The van der Waals surface area contributed by atoms with Gasteiger partial charge in [-0.05, 0) is 18.1 Å². The molecule has 1 aromatic carbocycles. The van der Waals surface area contributed by atoms with Gasteiger partial charge >= 0.3 is 0 Å². The molecule has 1 N–H and O–H groups in total. The lowest BCUT2D eigenvalue weighted by Crippen LogP contribution is -2.67. The average Bonchev–Trinajstić information content (AvgIpc) is 2.48. The number of hydrogen-bond donors (Lipinski definition) is 1. The van der Waals surface area contributed by atoms with Crippen molar-refractivity contribution in [2.75, 3.05) is 18.0 Å². The normalized spacial score (nSPS) is 24.9. The summed E-state index contributed by atoms with van der Waals surface area (Å²) in [5.41, 5.74) is 3.68. The molecule has 19 heavy (non-hydrogen) atoms. The van der Waals surface area contributed by atoms with E-state index in [0.29, 0.717) is 12.1 Å². The maximum absolute atomic E-state index is 4.41. The van der Waals surface area contributed by atoms with Gasteiger partial charge in [-0.25, -0.2) is 0 Å². The van der Waals surface area contributed by atoms with E-state index in [-0.39, 0.29) is 0 Å². The van der Waals surface area contributed by atoms with Crippen molar-refractivity contribution in [3.05, 3.63) is 48.8 Å². The third-order valence-corrected chi connectivity index (χ3v) is 4.12. The van der Waals surface area contributed by atoms with Gasteiger partial charge < -0.3 is 10.2 Å². The Hall–Kier alpha value is -1.87. The van der Waals surface area contributed by atoms with Crippen LogP contribution in [0.5, 0.6) is 0 Å². The molecule has 3 saturated heterocycles. The first kappa shape index (κ1) is 11.0. The number of benzene rings is 1. The van der Waals surface area contributed by atoms with Gasteiger partial charge in [0.05, 0.1) is 11.9 Å². The van der Waals surface area contributed by atoms with E-state index in [1.165, 1.54) is 23.2 Å². The maximum atomic E-state index is 4.41. The smallest absolute Gasteiger partial charge is 0.0560 e. The quantitative estimate of drug-likeness (QED) is 0.887. The fourth-order valence-corrected chi connectivity index (χ4v) is 3.11. The molecule has 5 rings (SSSR count). The van der Waals surface area contributed by atoms with E-state index >= 15 is 0 Å². The minimum Gasteiger partial charge on any atom is -0.367 e. The summed E-state index contributed by atoms with van der Waals surface area (Å²) in [6, 6.07) is 14.1. The molecule has 2 bridgehead atoms. The van der Waals surface area contributed by atoms with Crippen molar-refractivity contribution in [1.29, 1.82) is 0 Å². The monoisotopic (exact) mass is 251 g/mol. The van der Waals surface area contributed by atoms with Crippen molar-refractivity contribution in [3.63, 3.8) is 0 Å².